The van der Waals surface area contributed by atoms with E-state index in [0.717, 1.165) is 0 Å². The summed E-state index contributed by atoms with van der Waals surface area (Å²) in [4.78, 5) is 0. The number of halogens is 1. The van der Waals surface area contributed by atoms with E-state index in [-0.39, 0.29) is 6.79 Å². The van der Waals surface area contributed by atoms with Crippen LogP contribution >= 0.6 is 0 Å². The lowest BCUT2D eigenvalue weighted by molar-refractivity contribution is 0.0510. The van der Waals surface area contributed by atoms with E-state index in [4.69, 9.17) is 14.7 Å². The highest BCUT2D eigenvalue weighted by atomic mass is 19.1. The normalized spacial score (nSPS) is 9.50. The van der Waals surface area contributed by atoms with Gasteiger partial charge in [-0.2, -0.15) is 5.26 Å². The highest BCUT2D eigenvalue weighted by molar-refractivity contribution is 5.40. The van der Waals surface area contributed by atoms with Gasteiger partial charge in [-0.05, 0) is 23.8 Å². The molecule has 3 nitrogen and oxygen atoms in total. The molecule has 0 aliphatic carbocycles. The SMILES string of the molecule is COCOc1cc(C#N)cc(CF)c1. The van der Waals surface area contributed by atoms with E-state index in [1.54, 1.807) is 6.07 Å². The highest BCUT2D eigenvalue weighted by Crippen LogP contribution is 2.17. The van der Waals surface area contributed by atoms with Crippen LogP contribution in [0.15, 0.2) is 18.2 Å². The van der Waals surface area contributed by atoms with Crippen molar-refractivity contribution in [2.24, 2.45) is 0 Å². The minimum Gasteiger partial charge on any atom is -0.468 e. The van der Waals surface area contributed by atoms with Crippen molar-refractivity contribution < 1.29 is 13.9 Å². The lowest BCUT2D eigenvalue weighted by Gasteiger charge is -2.05. The first kappa shape index (κ1) is 10.5. The van der Waals surface area contributed by atoms with Crippen molar-refractivity contribution in [3.8, 4) is 11.8 Å². The zero-order valence-electron chi connectivity index (χ0n) is 7.79. The summed E-state index contributed by atoms with van der Waals surface area (Å²) in [5, 5.41) is 8.65. The summed E-state index contributed by atoms with van der Waals surface area (Å²) in [5.41, 5.74) is 0.807. The second kappa shape index (κ2) is 5.20. The molecule has 0 N–H and O–H groups in total. The molecule has 0 heterocycles. The summed E-state index contributed by atoms with van der Waals surface area (Å²) in [5.74, 6) is 0.443. The van der Waals surface area contributed by atoms with Gasteiger partial charge in [0, 0.05) is 7.11 Å². The van der Waals surface area contributed by atoms with Gasteiger partial charge in [-0.15, -0.1) is 0 Å². The molecule has 1 rings (SSSR count). The van der Waals surface area contributed by atoms with Gasteiger partial charge in [0.15, 0.2) is 6.79 Å². The fourth-order valence-electron chi connectivity index (χ4n) is 1.01. The van der Waals surface area contributed by atoms with E-state index < -0.39 is 6.67 Å². The van der Waals surface area contributed by atoms with Gasteiger partial charge in [0.2, 0.25) is 0 Å². The molecule has 0 aliphatic heterocycles. The topological polar surface area (TPSA) is 42.2 Å². The van der Waals surface area contributed by atoms with Gasteiger partial charge in [-0.1, -0.05) is 0 Å². The zero-order chi connectivity index (χ0) is 10.4. The molecule has 0 radical (unpaired) electrons. The van der Waals surface area contributed by atoms with Crippen LogP contribution in [0.25, 0.3) is 0 Å². The van der Waals surface area contributed by atoms with Crippen LogP contribution in [0.5, 0.6) is 5.75 Å². The van der Waals surface area contributed by atoms with Crippen molar-refractivity contribution in [2.75, 3.05) is 13.9 Å². The van der Waals surface area contributed by atoms with Gasteiger partial charge in [0.05, 0.1) is 11.6 Å². The smallest absolute Gasteiger partial charge is 0.188 e. The number of hydrogen-bond acceptors (Lipinski definition) is 3. The molecule has 1 aromatic rings. The number of hydrogen-bond donors (Lipinski definition) is 0. The van der Waals surface area contributed by atoms with Crippen molar-refractivity contribution >= 4 is 0 Å². The molecule has 0 amide bonds. The molecule has 0 bridgehead atoms. The molecule has 0 fully saturated rings. The molecule has 4 heteroatoms. The van der Waals surface area contributed by atoms with E-state index in [9.17, 15) is 4.39 Å². The van der Waals surface area contributed by atoms with Crippen LogP contribution in [-0.4, -0.2) is 13.9 Å². The van der Waals surface area contributed by atoms with E-state index >= 15 is 0 Å². The first-order valence-electron chi connectivity index (χ1n) is 4.02. The average Bonchev–Trinajstić information content (AvgIpc) is 2.25. The summed E-state index contributed by atoms with van der Waals surface area (Å²) in [6, 6.07) is 6.50. The number of nitriles is 1. The molecule has 0 saturated carbocycles. The first-order chi connectivity index (χ1) is 6.80. The quantitative estimate of drug-likeness (QED) is 0.690. The Morgan fingerprint density at radius 2 is 2.21 bits per heavy atom. The Morgan fingerprint density at radius 1 is 1.43 bits per heavy atom. The Morgan fingerprint density at radius 3 is 2.79 bits per heavy atom. The maximum atomic E-state index is 12.3. The van der Waals surface area contributed by atoms with Crippen LogP contribution in [0.1, 0.15) is 11.1 Å². The van der Waals surface area contributed by atoms with Gasteiger partial charge < -0.3 is 9.47 Å². The number of ether oxygens (including phenoxy) is 2. The van der Waals surface area contributed by atoms with Crippen LogP contribution in [0.4, 0.5) is 4.39 Å². The zero-order valence-corrected chi connectivity index (χ0v) is 7.79. The molecule has 74 valence electrons. The number of nitrogens with zero attached hydrogens (tertiary/aromatic N) is 1. The predicted octanol–water partition coefficient (Wildman–Crippen LogP) is 2.01. The first-order valence-corrected chi connectivity index (χ1v) is 4.02. The summed E-state index contributed by atoms with van der Waals surface area (Å²) in [6.07, 6.45) is 0. The predicted molar refractivity (Wildman–Crippen MR) is 48.5 cm³/mol. The summed E-state index contributed by atoms with van der Waals surface area (Å²) in [7, 11) is 1.49. The van der Waals surface area contributed by atoms with Crippen LogP contribution < -0.4 is 4.74 Å². The lowest BCUT2D eigenvalue weighted by atomic mass is 10.1. The van der Waals surface area contributed by atoms with Crippen molar-refractivity contribution in [3.05, 3.63) is 29.3 Å². The lowest BCUT2D eigenvalue weighted by Crippen LogP contribution is -1.99. The minimum absolute atomic E-state index is 0.0839. The number of rotatable bonds is 4. The largest absolute Gasteiger partial charge is 0.468 e. The van der Waals surface area contributed by atoms with E-state index in [1.807, 2.05) is 6.07 Å². The molecule has 0 aliphatic rings. The average molecular weight is 195 g/mol. The summed E-state index contributed by atoms with van der Waals surface area (Å²) >= 11 is 0. The van der Waals surface area contributed by atoms with Gasteiger partial charge in [0.25, 0.3) is 0 Å². The van der Waals surface area contributed by atoms with E-state index in [0.29, 0.717) is 16.9 Å². The Kier molecular flexibility index (Phi) is 3.89. The molecular weight excluding hydrogens is 185 g/mol. The number of alkyl halides is 1. The van der Waals surface area contributed by atoms with Crippen LogP contribution in [-0.2, 0) is 11.4 Å². The van der Waals surface area contributed by atoms with Gasteiger partial charge in [-0.3, -0.25) is 0 Å². The molecule has 0 atom stereocenters. The highest BCUT2D eigenvalue weighted by Gasteiger charge is 2.01. The third-order valence-corrected chi connectivity index (χ3v) is 1.59. The Labute approximate surface area is 81.7 Å². The van der Waals surface area contributed by atoms with Crippen LogP contribution in [0, 0.1) is 11.3 Å². The standard InChI is InChI=1S/C10H10FNO2/c1-13-7-14-10-3-8(5-11)2-9(4-10)6-12/h2-4H,5,7H2,1H3. The maximum Gasteiger partial charge on any atom is 0.188 e. The van der Waals surface area contributed by atoms with Crippen molar-refractivity contribution in [1.82, 2.24) is 0 Å². The van der Waals surface area contributed by atoms with E-state index in [2.05, 4.69) is 0 Å². The third-order valence-electron chi connectivity index (χ3n) is 1.59. The fourth-order valence-corrected chi connectivity index (χ4v) is 1.01. The van der Waals surface area contributed by atoms with Gasteiger partial charge >= 0.3 is 0 Å². The second-order valence-electron chi connectivity index (χ2n) is 2.66. The number of benzene rings is 1. The molecular formula is C10H10FNO2. The molecule has 0 spiro atoms. The molecule has 1 aromatic carbocycles. The maximum absolute atomic E-state index is 12.3. The minimum atomic E-state index is -0.612. The Bertz CT molecular complexity index is 346. The van der Waals surface area contributed by atoms with Crippen molar-refractivity contribution in [3.63, 3.8) is 0 Å². The van der Waals surface area contributed by atoms with Gasteiger partial charge in [-0.25, -0.2) is 4.39 Å². The molecule has 14 heavy (non-hydrogen) atoms. The fraction of sp³-hybridized carbons (Fsp3) is 0.300. The Hall–Kier alpha value is -1.60. The number of methoxy groups -OCH3 is 1. The van der Waals surface area contributed by atoms with E-state index in [1.165, 1.54) is 19.2 Å². The van der Waals surface area contributed by atoms with Gasteiger partial charge in [0.1, 0.15) is 12.4 Å². The molecule has 0 aromatic heterocycles. The third kappa shape index (κ3) is 2.71. The monoisotopic (exact) mass is 195 g/mol. The van der Waals surface area contributed by atoms with Crippen molar-refractivity contribution in [1.29, 1.82) is 5.26 Å². The second-order valence-corrected chi connectivity index (χ2v) is 2.66. The van der Waals surface area contributed by atoms with Crippen LogP contribution in [0.3, 0.4) is 0 Å². The van der Waals surface area contributed by atoms with Crippen molar-refractivity contribution in [2.45, 2.75) is 6.67 Å². The summed E-state index contributed by atoms with van der Waals surface area (Å²) < 4.78 is 22.1. The molecule has 0 saturated heterocycles. The summed E-state index contributed by atoms with van der Waals surface area (Å²) in [6.45, 7) is -0.528. The van der Waals surface area contributed by atoms with Crippen LogP contribution in [0.2, 0.25) is 0 Å². The Balaban J connectivity index is 2.88. The molecule has 0 unspecified atom stereocenters.